The molecule has 0 aliphatic carbocycles. The molecule has 1 atom stereocenters. The summed E-state index contributed by atoms with van der Waals surface area (Å²) in [6, 6.07) is 8.36. The molecule has 2 rings (SSSR count). The summed E-state index contributed by atoms with van der Waals surface area (Å²) in [4.78, 5) is 27.3. The number of nitrogens with zero attached hydrogens (tertiary/aromatic N) is 2. The molecule has 1 aromatic rings. The lowest BCUT2D eigenvalue weighted by atomic mass is 10.1. The summed E-state index contributed by atoms with van der Waals surface area (Å²) >= 11 is 0. The van der Waals surface area contributed by atoms with E-state index in [9.17, 15) is 9.59 Å². The third-order valence-electron chi connectivity index (χ3n) is 3.97. The van der Waals surface area contributed by atoms with E-state index in [0.717, 1.165) is 13.1 Å². The fourth-order valence-electron chi connectivity index (χ4n) is 2.79. The smallest absolute Gasteiger partial charge is 0.407 e. The zero-order valence-corrected chi connectivity index (χ0v) is 13.3. The summed E-state index contributed by atoms with van der Waals surface area (Å²) in [6.45, 7) is 6.32. The Balaban J connectivity index is 1.94. The first-order chi connectivity index (χ1) is 10.5. The molecule has 0 spiro atoms. The Kier molecular flexibility index (Phi) is 5.25. The predicted molar refractivity (Wildman–Crippen MR) is 85.0 cm³/mol. The van der Waals surface area contributed by atoms with Gasteiger partial charge in [0.15, 0.2) is 0 Å². The van der Waals surface area contributed by atoms with Crippen molar-refractivity contribution in [2.45, 2.75) is 19.9 Å². The normalized spacial score (nSPS) is 18.0. The van der Waals surface area contributed by atoms with E-state index in [1.54, 1.807) is 0 Å². The summed E-state index contributed by atoms with van der Waals surface area (Å²) in [5.41, 5.74) is 2.45. The average Bonchev–Trinajstić information content (AvgIpc) is 2.52. The number of nitrogens with one attached hydrogen (secondary N) is 1. The lowest BCUT2D eigenvalue weighted by Crippen LogP contribution is -2.56. The number of para-hydroxylation sites is 1. The highest BCUT2D eigenvalue weighted by Gasteiger charge is 2.28. The van der Waals surface area contributed by atoms with Crippen LogP contribution in [0.5, 0.6) is 0 Å². The molecule has 1 saturated heterocycles. The van der Waals surface area contributed by atoms with Crippen LogP contribution < -0.4 is 10.2 Å². The maximum absolute atomic E-state index is 12.2. The number of hydrogen-bond acceptors (Lipinski definition) is 4. The first-order valence-corrected chi connectivity index (χ1v) is 7.44. The molecular weight excluding hydrogens is 282 g/mol. The molecule has 0 bridgehead atoms. The van der Waals surface area contributed by atoms with Gasteiger partial charge in [0, 0.05) is 31.4 Å². The Morgan fingerprint density at radius 1 is 1.32 bits per heavy atom. The SMILES string of the molecule is COC(=O)NCC(=O)N1CCN(c2ccccc2C)CC1C. The third-order valence-corrected chi connectivity index (χ3v) is 3.97. The second kappa shape index (κ2) is 7.15. The fourth-order valence-corrected chi connectivity index (χ4v) is 2.79. The van der Waals surface area contributed by atoms with Crippen molar-refractivity contribution in [3.63, 3.8) is 0 Å². The van der Waals surface area contributed by atoms with Crippen LogP contribution in [0.15, 0.2) is 24.3 Å². The molecule has 0 aromatic heterocycles. The topological polar surface area (TPSA) is 61.9 Å². The van der Waals surface area contributed by atoms with Crippen molar-refractivity contribution < 1.29 is 14.3 Å². The van der Waals surface area contributed by atoms with E-state index in [4.69, 9.17) is 0 Å². The molecule has 0 radical (unpaired) electrons. The van der Waals surface area contributed by atoms with Gasteiger partial charge >= 0.3 is 6.09 Å². The van der Waals surface area contributed by atoms with Crippen molar-refractivity contribution in [1.29, 1.82) is 0 Å². The largest absolute Gasteiger partial charge is 0.453 e. The summed E-state index contributed by atoms with van der Waals surface area (Å²) in [7, 11) is 1.28. The van der Waals surface area contributed by atoms with Gasteiger partial charge in [-0.05, 0) is 25.5 Å². The molecule has 1 N–H and O–H groups in total. The van der Waals surface area contributed by atoms with Crippen LogP contribution in [0.1, 0.15) is 12.5 Å². The standard InChI is InChI=1S/C16H23N3O3/c1-12-6-4-5-7-14(12)18-8-9-19(13(2)11-18)15(20)10-17-16(21)22-3/h4-7,13H,8-11H2,1-3H3,(H,17,21). The summed E-state index contributed by atoms with van der Waals surface area (Å²) in [5.74, 6) is -0.0812. The lowest BCUT2D eigenvalue weighted by Gasteiger charge is -2.41. The number of aryl methyl sites for hydroxylation is 1. The van der Waals surface area contributed by atoms with E-state index in [1.165, 1.54) is 18.4 Å². The number of ether oxygens (including phenoxy) is 1. The number of benzene rings is 1. The summed E-state index contributed by atoms with van der Waals surface area (Å²) in [6.07, 6.45) is -0.584. The quantitative estimate of drug-likeness (QED) is 0.916. The number of alkyl carbamates (subject to hydrolysis) is 1. The van der Waals surface area contributed by atoms with E-state index >= 15 is 0 Å². The van der Waals surface area contributed by atoms with E-state index in [-0.39, 0.29) is 18.5 Å². The van der Waals surface area contributed by atoms with Crippen LogP contribution in [0, 0.1) is 6.92 Å². The van der Waals surface area contributed by atoms with Gasteiger partial charge < -0.3 is 19.9 Å². The average molecular weight is 305 g/mol. The van der Waals surface area contributed by atoms with Crippen molar-refractivity contribution in [2.24, 2.45) is 0 Å². The molecule has 6 nitrogen and oxygen atoms in total. The van der Waals surface area contributed by atoms with Crippen LogP contribution in [0.3, 0.4) is 0 Å². The number of carbonyl (C=O) groups is 2. The van der Waals surface area contributed by atoms with Gasteiger partial charge in [-0.3, -0.25) is 4.79 Å². The zero-order valence-electron chi connectivity index (χ0n) is 13.3. The van der Waals surface area contributed by atoms with Crippen molar-refractivity contribution in [3.8, 4) is 0 Å². The Hall–Kier alpha value is -2.24. The van der Waals surface area contributed by atoms with Gasteiger partial charge in [-0.2, -0.15) is 0 Å². The van der Waals surface area contributed by atoms with Gasteiger partial charge in [-0.1, -0.05) is 18.2 Å². The molecule has 120 valence electrons. The molecule has 1 unspecified atom stereocenters. The Morgan fingerprint density at radius 3 is 2.68 bits per heavy atom. The Bertz CT molecular complexity index is 547. The molecule has 1 aliphatic heterocycles. The number of anilines is 1. The van der Waals surface area contributed by atoms with Crippen LogP contribution in [0.4, 0.5) is 10.5 Å². The maximum atomic E-state index is 12.2. The number of carbonyl (C=O) groups excluding carboxylic acids is 2. The molecule has 1 aromatic carbocycles. The highest BCUT2D eigenvalue weighted by Crippen LogP contribution is 2.22. The predicted octanol–water partition coefficient (Wildman–Crippen LogP) is 1.39. The summed E-state index contributed by atoms with van der Waals surface area (Å²) < 4.78 is 4.47. The minimum absolute atomic E-state index is 0.0264. The Labute approximate surface area is 131 Å². The number of amides is 2. The number of methoxy groups -OCH3 is 1. The van der Waals surface area contributed by atoms with Crippen molar-refractivity contribution in [2.75, 3.05) is 38.2 Å². The molecule has 0 saturated carbocycles. The highest BCUT2D eigenvalue weighted by atomic mass is 16.5. The van der Waals surface area contributed by atoms with Crippen LogP contribution in [0.25, 0.3) is 0 Å². The molecule has 2 amide bonds. The van der Waals surface area contributed by atoms with Gasteiger partial charge in [0.2, 0.25) is 5.91 Å². The number of piperazine rings is 1. The van der Waals surface area contributed by atoms with Gasteiger partial charge in [0.1, 0.15) is 6.54 Å². The zero-order chi connectivity index (χ0) is 16.1. The minimum atomic E-state index is -0.584. The van der Waals surface area contributed by atoms with Gasteiger partial charge in [0.05, 0.1) is 7.11 Å². The van der Waals surface area contributed by atoms with E-state index in [2.05, 4.69) is 34.0 Å². The monoisotopic (exact) mass is 305 g/mol. The first kappa shape index (κ1) is 16.1. The van der Waals surface area contributed by atoms with E-state index in [0.29, 0.717) is 6.54 Å². The van der Waals surface area contributed by atoms with Gasteiger partial charge in [0.25, 0.3) is 0 Å². The second-order valence-electron chi connectivity index (χ2n) is 5.51. The Morgan fingerprint density at radius 2 is 2.05 bits per heavy atom. The highest BCUT2D eigenvalue weighted by molar-refractivity contribution is 5.82. The van der Waals surface area contributed by atoms with Crippen LogP contribution >= 0.6 is 0 Å². The molecular formula is C16H23N3O3. The van der Waals surface area contributed by atoms with E-state index < -0.39 is 6.09 Å². The second-order valence-corrected chi connectivity index (χ2v) is 5.51. The molecule has 1 heterocycles. The van der Waals surface area contributed by atoms with Crippen molar-refractivity contribution in [3.05, 3.63) is 29.8 Å². The van der Waals surface area contributed by atoms with Crippen LogP contribution in [-0.4, -0.2) is 56.2 Å². The number of rotatable bonds is 3. The van der Waals surface area contributed by atoms with Crippen molar-refractivity contribution >= 4 is 17.7 Å². The molecule has 1 fully saturated rings. The summed E-state index contributed by atoms with van der Waals surface area (Å²) in [5, 5.41) is 2.44. The first-order valence-electron chi connectivity index (χ1n) is 7.44. The minimum Gasteiger partial charge on any atom is -0.453 e. The van der Waals surface area contributed by atoms with Gasteiger partial charge in [-0.25, -0.2) is 4.79 Å². The maximum Gasteiger partial charge on any atom is 0.407 e. The molecule has 6 heteroatoms. The lowest BCUT2D eigenvalue weighted by molar-refractivity contribution is -0.132. The molecule has 22 heavy (non-hydrogen) atoms. The molecule has 1 aliphatic rings. The van der Waals surface area contributed by atoms with Gasteiger partial charge in [-0.15, -0.1) is 0 Å². The van der Waals surface area contributed by atoms with Crippen LogP contribution in [0.2, 0.25) is 0 Å². The van der Waals surface area contributed by atoms with Crippen molar-refractivity contribution in [1.82, 2.24) is 10.2 Å². The van der Waals surface area contributed by atoms with Crippen LogP contribution in [-0.2, 0) is 9.53 Å². The third kappa shape index (κ3) is 3.69. The number of hydrogen-bond donors (Lipinski definition) is 1. The fraction of sp³-hybridized carbons (Fsp3) is 0.500. The van der Waals surface area contributed by atoms with E-state index in [1.807, 2.05) is 24.0 Å².